The molecule has 1 aromatic rings. The smallest absolute Gasteiger partial charge is 0.0527 e. The number of likely N-dealkylation sites (tertiary alicyclic amines) is 1. The van der Waals surface area contributed by atoms with Crippen LogP contribution in [0.25, 0.3) is 0 Å². The first-order valence-corrected chi connectivity index (χ1v) is 5.20. The molecule has 0 unspecified atom stereocenters. The van der Waals surface area contributed by atoms with Gasteiger partial charge < -0.3 is 10.2 Å². The Morgan fingerprint density at radius 1 is 1.64 bits per heavy atom. The highest BCUT2D eigenvalue weighted by atomic mass is 15.2. The van der Waals surface area contributed by atoms with Crippen LogP contribution in [0, 0.1) is 0 Å². The molecule has 1 aromatic heterocycles. The molecule has 0 aromatic carbocycles. The Morgan fingerprint density at radius 3 is 3.21 bits per heavy atom. The molecule has 0 saturated carbocycles. The van der Waals surface area contributed by atoms with E-state index in [4.69, 9.17) is 0 Å². The number of nitrogens with one attached hydrogen (secondary N) is 1. The Balaban J connectivity index is 1.82. The molecule has 0 radical (unpaired) electrons. The molecule has 3 heteroatoms. The molecule has 0 spiro atoms. The first kappa shape index (κ1) is 9.46. The maximum absolute atomic E-state index is 4.07. The van der Waals surface area contributed by atoms with Gasteiger partial charge in [0.1, 0.15) is 0 Å². The summed E-state index contributed by atoms with van der Waals surface area (Å²) in [5.74, 6) is 0. The Bertz CT molecular complexity index is 273. The van der Waals surface area contributed by atoms with Crippen LogP contribution in [-0.2, 0) is 0 Å². The molecule has 1 N–H and O–H groups in total. The standard InChI is InChI=1S/C11H17N3/c1-14-7-3-5-11(14)9-13-10-4-2-6-12-8-10/h2,4,6,8,11,13H,3,5,7,9H2,1H3/t11-/m1/s1. The minimum atomic E-state index is 0.690. The van der Waals surface area contributed by atoms with Crippen molar-refractivity contribution in [3.63, 3.8) is 0 Å². The van der Waals surface area contributed by atoms with Crippen LogP contribution < -0.4 is 5.32 Å². The number of aromatic nitrogens is 1. The van der Waals surface area contributed by atoms with E-state index in [9.17, 15) is 0 Å². The summed E-state index contributed by atoms with van der Waals surface area (Å²) in [6.07, 6.45) is 6.31. The average Bonchev–Trinajstić information content (AvgIpc) is 2.63. The molecular formula is C11H17N3. The maximum atomic E-state index is 4.07. The van der Waals surface area contributed by atoms with E-state index < -0.39 is 0 Å². The van der Waals surface area contributed by atoms with E-state index in [-0.39, 0.29) is 0 Å². The van der Waals surface area contributed by atoms with Gasteiger partial charge in [-0.3, -0.25) is 4.98 Å². The van der Waals surface area contributed by atoms with Gasteiger partial charge in [-0.1, -0.05) is 0 Å². The van der Waals surface area contributed by atoms with Crippen molar-refractivity contribution in [3.05, 3.63) is 24.5 Å². The summed E-state index contributed by atoms with van der Waals surface area (Å²) in [6, 6.07) is 4.71. The van der Waals surface area contributed by atoms with Crippen molar-refractivity contribution in [2.24, 2.45) is 0 Å². The van der Waals surface area contributed by atoms with Gasteiger partial charge in [-0.05, 0) is 38.6 Å². The van der Waals surface area contributed by atoms with Gasteiger partial charge in [0.15, 0.2) is 0 Å². The molecule has 14 heavy (non-hydrogen) atoms. The van der Waals surface area contributed by atoms with Gasteiger partial charge in [0.25, 0.3) is 0 Å². The Kier molecular flexibility index (Phi) is 2.99. The van der Waals surface area contributed by atoms with Crippen molar-refractivity contribution in [1.29, 1.82) is 0 Å². The summed E-state index contributed by atoms with van der Waals surface area (Å²) in [5, 5.41) is 3.41. The summed E-state index contributed by atoms with van der Waals surface area (Å²) in [4.78, 5) is 6.49. The summed E-state index contributed by atoms with van der Waals surface area (Å²) >= 11 is 0. The molecule has 1 saturated heterocycles. The monoisotopic (exact) mass is 191 g/mol. The minimum absolute atomic E-state index is 0.690. The predicted octanol–water partition coefficient (Wildman–Crippen LogP) is 1.59. The van der Waals surface area contributed by atoms with Crippen molar-refractivity contribution < 1.29 is 0 Å². The van der Waals surface area contributed by atoms with Crippen LogP contribution in [0.2, 0.25) is 0 Å². The van der Waals surface area contributed by atoms with Crippen LogP contribution in [0.3, 0.4) is 0 Å². The second kappa shape index (κ2) is 4.42. The molecule has 1 atom stereocenters. The van der Waals surface area contributed by atoms with Crippen molar-refractivity contribution in [1.82, 2.24) is 9.88 Å². The Morgan fingerprint density at radius 2 is 2.57 bits per heavy atom. The SMILES string of the molecule is CN1CCC[C@@H]1CNc1cccnc1. The second-order valence-corrected chi connectivity index (χ2v) is 3.90. The van der Waals surface area contributed by atoms with Crippen LogP contribution >= 0.6 is 0 Å². The molecule has 2 heterocycles. The number of hydrogen-bond acceptors (Lipinski definition) is 3. The van der Waals surface area contributed by atoms with E-state index in [2.05, 4.69) is 28.3 Å². The Hall–Kier alpha value is -1.09. The zero-order valence-electron chi connectivity index (χ0n) is 8.61. The number of anilines is 1. The number of rotatable bonds is 3. The van der Waals surface area contributed by atoms with Crippen LogP contribution in [0.4, 0.5) is 5.69 Å². The predicted molar refractivity (Wildman–Crippen MR) is 58.4 cm³/mol. The number of likely N-dealkylation sites (N-methyl/N-ethyl adjacent to an activating group) is 1. The van der Waals surface area contributed by atoms with Gasteiger partial charge in [0.2, 0.25) is 0 Å². The van der Waals surface area contributed by atoms with Crippen LogP contribution in [0.5, 0.6) is 0 Å². The van der Waals surface area contributed by atoms with Crippen LogP contribution in [0.15, 0.2) is 24.5 Å². The lowest BCUT2D eigenvalue weighted by molar-refractivity contribution is 0.322. The normalized spacial score (nSPS) is 22.5. The van der Waals surface area contributed by atoms with Crippen molar-refractivity contribution >= 4 is 5.69 Å². The third-order valence-electron chi connectivity index (χ3n) is 2.87. The molecule has 2 rings (SSSR count). The highest BCUT2D eigenvalue weighted by Crippen LogP contribution is 2.15. The Labute approximate surface area is 85.1 Å². The molecule has 0 bridgehead atoms. The minimum Gasteiger partial charge on any atom is -0.382 e. The summed E-state index contributed by atoms with van der Waals surface area (Å²) in [6.45, 7) is 2.27. The van der Waals surface area contributed by atoms with Gasteiger partial charge in [0, 0.05) is 25.0 Å². The van der Waals surface area contributed by atoms with Gasteiger partial charge in [-0.15, -0.1) is 0 Å². The highest BCUT2D eigenvalue weighted by Gasteiger charge is 2.19. The maximum Gasteiger partial charge on any atom is 0.0527 e. The molecular weight excluding hydrogens is 174 g/mol. The quantitative estimate of drug-likeness (QED) is 0.786. The van der Waals surface area contributed by atoms with E-state index in [1.54, 1.807) is 6.20 Å². The van der Waals surface area contributed by atoms with Crippen molar-refractivity contribution in [2.75, 3.05) is 25.5 Å². The molecule has 76 valence electrons. The van der Waals surface area contributed by atoms with E-state index in [0.29, 0.717) is 6.04 Å². The number of pyridine rings is 1. The van der Waals surface area contributed by atoms with E-state index in [1.165, 1.54) is 19.4 Å². The van der Waals surface area contributed by atoms with Crippen molar-refractivity contribution in [2.45, 2.75) is 18.9 Å². The zero-order chi connectivity index (χ0) is 9.80. The van der Waals surface area contributed by atoms with Gasteiger partial charge in [0.05, 0.1) is 5.69 Å². The van der Waals surface area contributed by atoms with E-state index in [0.717, 1.165) is 12.2 Å². The molecule has 1 aliphatic heterocycles. The molecule has 3 nitrogen and oxygen atoms in total. The third kappa shape index (κ3) is 2.23. The van der Waals surface area contributed by atoms with Crippen LogP contribution in [-0.4, -0.2) is 36.1 Å². The lowest BCUT2D eigenvalue weighted by Gasteiger charge is -2.20. The fourth-order valence-electron chi connectivity index (χ4n) is 1.94. The summed E-state index contributed by atoms with van der Waals surface area (Å²) in [7, 11) is 2.20. The third-order valence-corrected chi connectivity index (χ3v) is 2.87. The van der Waals surface area contributed by atoms with Crippen LogP contribution in [0.1, 0.15) is 12.8 Å². The lowest BCUT2D eigenvalue weighted by Crippen LogP contribution is -2.31. The fourth-order valence-corrected chi connectivity index (χ4v) is 1.94. The second-order valence-electron chi connectivity index (χ2n) is 3.90. The lowest BCUT2D eigenvalue weighted by atomic mass is 10.2. The van der Waals surface area contributed by atoms with E-state index >= 15 is 0 Å². The largest absolute Gasteiger partial charge is 0.382 e. The first-order chi connectivity index (χ1) is 6.86. The average molecular weight is 191 g/mol. The van der Waals surface area contributed by atoms with Gasteiger partial charge in [-0.25, -0.2) is 0 Å². The molecule has 0 aliphatic carbocycles. The number of nitrogens with zero attached hydrogens (tertiary/aromatic N) is 2. The molecule has 1 aliphatic rings. The highest BCUT2D eigenvalue weighted by molar-refractivity contribution is 5.39. The number of hydrogen-bond donors (Lipinski definition) is 1. The molecule has 1 fully saturated rings. The van der Waals surface area contributed by atoms with Gasteiger partial charge in [-0.2, -0.15) is 0 Å². The molecule has 0 amide bonds. The summed E-state index contributed by atoms with van der Waals surface area (Å²) in [5.41, 5.74) is 1.12. The zero-order valence-corrected chi connectivity index (χ0v) is 8.61. The van der Waals surface area contributed by atoms with E-state index in [1.807, 2.05) is 12.3 Å². The van der Waals surface area contributed by atoms with Crippen molar-refractivity contribution in [3.8, 4) is 0 Å². The fraction of sp³-hybridized carbons (Fsp3) is 0.545. The first-order valence-electron chi connectivity index (χ1n) is 5.20. The topological polar surface area (TPSA) is 28.2 Å². The summed E-state index contributed by atoms with van der Waals surface area (Å²) < 4.78 is 0. The van der Waals surface area contributed by atoms with Gasteiger partial charge >= 0.3 is 0 Å².